The number of thiocarbonyl (C=S) groups is 2. The molecule has 87 heavy (non-hydrogen) atoms. The molecule has 18 nitrogen and oxygen atoms in total. The highest BCUT2D eigenvalue weighted by molar-refractivity contribution is 8.23. The van der Waals surface area contributed by atoms with Gasteiger partial charge >= 0.3 is 12.2 Å². The average Bonchev–Trinajstić information content (AvgIpc) is 2.98. The quantitative estimate of drug-likeness (QED) is 0.0636. The first-order valence-corrected chi connectivity index (χ1v) is 32.5. The number of thioether (sulfide) groups is 1. The molecule has 10 rings (SSSR count). The zero-order chi connectivity index (χ0) is 62.0. The second kappa shape index (κ2) is 32.7. The third-order valence-corrected chi connectivity index (χ3v) is 18.3. The molecule has 6 aliphatic rings. The monoisotopic (exact) mass is 1260 g/mol. The summed E-state index contributed by atoms with van der Waals surface area (Å²) in [5, 5.41) is 3.19. The van der Waals surface area contributed by atoms with Crippen LogP contribution in [0.15, 0.2) is 84.9 Å². The van der Waals surface area contributed by atoms with Crippen molar-refractivity contribution in [3.05, 3.63) is 108 Å². The highest BCUT2D eigenvalue weighted by Crippen LogP contribution is 2.35. The molecule has 6 fully saturated rings. The molecular weight excluding hydrogens is 1170 g/mol. The molecule has 0 bridgehead atoms. The van der Waals surface area contributed by atoms with Gasteiger partial charge in [-0.15, -0.1) is 11.8 Å². The number of carbonyl (C=O) groups excluding carboxylic acids is 4. The van der Waals surface area contributed by atoms with Crippen LogP contribution in [0.1, 0.15) is 71.4 Å². The van der Waals surface area contributed by atoms with E-state index in [1.54, 1.807) is 34.1 Å². The van der Waals surface area contributed by atoms with Crippen molar-refractivity contribution in [2.24, 2.45) is 17.6 Å². The number of piperazine rings is 2. The van der Waals surface area contributed by atoms with Gasteiger partial charge in [-0.25, -0.2) is 18.4 Å². The van der Waals surface area contributed by atoms with Gasteiger partial charge in [-0.1, -0.05) is 83.3 Å². The lowest BCUT2D eigenvalue weighted by atomic mass is 10.2. The highest BCUT2D eigenvalue weighted by atomic mass is 32.2. The smallest absolute Gasteiger partial charge is 0.414 e. The van der Waals surface area contributed by atoms with Gasteiger partial charge in [-0.3, -0.25) is 29.2 Å². The number of nitrogens with zero attached hydrogens (tertiary/aromatic N) is 8. The fourth-order valence-corrected chi connectivity index (χ4v) is 12.1. The Morgan fingerprint density at radius 3 is 1.39 bits per heavy atom. The lowest BCUT2D eigenvalue weighted by Gasteiger charge is -2.36. The van der Waals surface area contributed by atoms with Gasteiger partial charge in [0.05, 0.1) is 51.6 Å². The van der Waals surface area contributed by atoms with Crippen LogP contribution in [-0.2, 0) is 32.2 Å². The van der Waals surface area contributed by atoms with E-state index in [2.05, 4.69) is 49.7 Å². The standard InChI is InChI=1S/C31H40FN5O4S.C27H36FN5O4.C6H10S2/c1-3-34(4-2)19-22-5-10-25(11-6-22)40-21-29(38)36-15-13-35(14-16-36)28-12-9-24(17-27(28)32)37-20-26(41-31(37)39)18-33-30(42)23-7-8-23;1-3-30(4-2)17-20-5-8-22(9-6-20)36-19-26(34)32-13-11-31(12-14-32)25-10-7-21(15-24(25)28)33-18-23(16-29)37-27(33)35;1-2-8-6(7)5-3-4-5/h5-6,9-12,17,23,26H,3-4,7-8,13-16,18-21H2,1-2H3,(H,33,42);5-10,15,23H,3-4,11-14,16-19,29H2,1-2H3;5H,2-4H2,1H3/t26-;23-;/m00./s1. The van der Waals surface area contributed by atoms with E-state index in [1.165, 1.54) is 50.1 Å². The second-order valence-electron chi connectivity index (χ2n) is 22.3. The molecule has 4 aromatic carbocycles. The molecule has 0 aromatic heterocycles. The van der Waals surface area contributed by atoms with Crippen molar-refractivity contribution in [2.75, 3.05) is 143 Å². The Morgan fingerprint density at radius 1 is 0.609 bits per heavy atom. The fraction of sp³-hybridized carbons (Fsp3) is 0.531. The molecule has 0 radical (unpaired) electrons. The Labute approximate surface area is 526 Å². The summed E-state index contributed by atoms with van der Waals surface area (Å²) in [6.45, 7) is 21.7. The Kier molecular flexibility index (Phi) is 25.1. The van der Waals surface area contributed by atoms with Crippen molar-refractivity contribution in [2.45, 2.75) is 85.6 Å². The first kappa shape index (κ1) is 66.6. The van der Waals surface area contributed by atoms with Crippen molar-refractivity contribution in [1.29, 1.82) is 0 Å². The SMILES string of the molecule is CCN(CC)Cc1ccc(OCC(=O)N2CCN(c3ccc(N4C[C@H](CN)OC4=O)cc3F)CC2)cc1.CCN(CC)Cc1ccc(OCC(=O)N2CCN(c3ccc(N4C[C@H](CNC(=S)C5CC5)OC4=O)cc3F)CC2)cc1.CCSC(=S)C1CC1. The molecule has 0 unspecified atom stereocenters. The third-order valence-electron chi connectivity index (χ3n) is 16.3. The normalized spacial score (nSPS) is 18.4. The Balaban J connectivity index is 0.000000201. The zero-order valence-electron chi connectivity index (χ0n) is 51.0. The molecule has 4 amide bonds. The Bertz CT molecular complexity index is 2940. The van der Waals surface area contributed by atoms with Gasteiger partial charge < -0.3 is 49.6 Å². The summed E-state index contributed by atoms with van der Waals surface area (Å²) in [5.41, 5.74) is 9.78. The van der Waals surface area contributed by atoms with Gasteiger partial charge in [-0.05, 0) is 129 Å². The molecule has 2 aliphatic carbocycles. The van der Waals surface area contributed by atoms with E-state index in [1.807, 2.05) is 70.1 Å². The van der Waals surface area contributed by atoms with Gasteiger partial charge in [0.25, 0.3) is 11.8 Å². The summed E-state index contributed by atoms with van der Waals surface area (Å²) in [7, 11) is 0. The number of rotatable bonds is 24. The summed E-state index contributed by atoms with van der Waals surface area (Å²) >= 11 is 12.3. The summed E-state index contributed by atoms with van der Waals surface area (Å²) in [5.74, 6) is 2.73. The van der Waals surface area contributed by atoms with Crippen LogP contribution in [0, 0.1) is 23.5 Å². The number of nitrogens with one attached hydrogen (secondary N) is 1. The van der Waals surface area contributed by atoms with E-state index in [0.29, 0.717) is 112 Å². The maximum absolute atomic E-state index is 15.2. The lowest BCUT2D eigenvalue weighted by molar-refractivity contribution is -0.134. The number of benzene rings is 4. The summed E-state index contributed by atoms with van der Waals surface area (Å²) in [6.07, 6.45) is 3.19. The van der Waals surface area contributed by atoms with Crippen LogP contribution in [0.3, 0.4) is 0 Å². The molecule has 472 valence electrons. The van der Waals surface area contributed by atoms with Crippen molar-refractivity contribution in [3.63, 3.8) is 0 Å². The fourth-order valence-electron chi connectivity index (χ4n) is 10.5. The topological polar surface area (TPSA) is 169 Å². The summed E-state index contributed by atoms with van der Waals surface area (Å²) in [4.78, 5) is 65.6. The van der Waals surface area contributed by atoms with Crippen LogP contribution in [0.2, 0.25) is 0 Å². The number of amides is 4. The van der Waals surface area contributed by atoms with Crippen LogP contribution in [-0.4, -0.2) is 189 Å². The number of ether oxygens (including phenoxy) is 4. The molecule has 4 heterocycles. The zero-order valence-corrected chi connectivity index (χ0v) is 53.4. The van der Waals surface area contributed by atoms with Gasteiger partial charge in [0.2, 0.25) is 0 Å². The van der Waals surface area contributed by atoms with E-state index in [-0.39, 0.29) is 43.8 Å². The highest BCUT2D eigenvalue weighted by Gasteiger charge is 2.36. The summed E-state index contributed by atoms with van der Waals surface area (Å²) < 4.78 is 53.5. The largest absolute Gasteiger partial charge is 0.484 e. The van der Waals surface area contributed by atoms with Crippen LogP contribution in [0.5, 0.6) is 11.5 Å². The Morgan fingerprint density at radius 2 is 1.02 bits per heavy atom. The summed E-state index contributed by atoms with van der Waals surface area (Å²) in [6, 6.07) is 25.2. The number of carbonyl (C=O) groups is 4. The number of anilines is 4. The van der Waals surface area contributed by atoms with E-state index in [9.17, 15) is 23.6 Å². The van der Waals surface area contributed by atoms with Crippen LogP contribution in [0.4, 0.5) is 41.1 Å². The average molecular weight is 1260 g/mol. The first-order chi connectivity index (χ1) is 42.1. The van der Waals surface area contributed by atoms with E-state index in [4.69, 9.17) is 49.1 Å². The van der Waals surface area contributed by atoms with Gasteiger partial charge in [0.15, 0.2) is 13.2 Å². The molecule has 3 N–H and O–H groups in total. The predicted molar refractivity (Wildman–Crippen MR) is 349 cm³/mol. The molecule has 0 spiro atoms. The third kappa shape index (κ3) is 19.3. The van der Waals surface area contributed by atoms with E-state index in [0.717, 1.165) is 68.8 Å². The van der Waals surface area contributed by atoms with E-state index >= 15 is 4.39 Å². The van der Waals surface area contributed by atoms with Gasteiger partial charge in [0, 0.05) is 83.8 Å². The maximum atomic E-state index is 15.2. The molecule has 2 saturated carbocycles. The number of halogens is 2. The maximum Gasteiger partial charge on any atom is 0.414 e. The minimum atomic E-state index is -0.521. The lowest BCUT2D eigenvalue weighted by Crippen LogP contribution is -2.50. The minimum Gasteiger partial charge on any atom is -0.484 e. The molecule has 4 aliphatic heterocycles. The number of hydrogen-bond donors (Lipinski definition) is 2. The van der Waals surface area contributed by atoms with Crippen LogP contribution >= 0.6 is 36.2 Å². The molecule has 4 saturated heterocycles. The van der Waals surface area contributed by atoms with Crippen LogP contribution in [0.25, 0.3) is 0 Å². The van der Waals surface area contributed by atoms with Crippen molar-refractivity contribution in [3.8, 4) is 11.5 Å². The second-order valence-corrected chi connectivity index (χ2v) is 24.8. The number of cyclic esters (lactones) is 2. The number of hydrogen-bond acceptors (Lipinski definition) is 16. The Hall–Kier alpha value is -6.37. The van der Waals surface area contributed by atoms with Crippen molar-refractivity contribution < 1.29 is 46.9 Å². The van der Waals surface area contributed by atoms with E-state index < -0.39 is 23.8 Å². The first-order valence-electron chi connectivity index (χ1n) is 30.7. The van der Waals surface area contributed by atoms with Gasteiger partial charge in [0.1, 0.15) is 35.3 Å². The van der Waals surface area contributed by atoms with Crippen LogP contribution < -0.4 is 40.1 Å². The van der Waals surface area contributed by atoms with Crippen molar-refractivity contribution >= 4 is 92.1 Å². The molecule has 2 atom stereocenters. The van der Waals surface area contributed by atoms with Gasteiger partial charge in [-0.2, -0.15) is 0 Å². The number of nitrogens with two attached hydrogens (primary N) is 1. The minimum absolute atomic E-state index is 0.0336. The molecule has 23 heteroatoms. The molecular formula is C64H86F2N10O8S3. The van der Waals surface area contributed by atoms with Crippen molar-refractivity contribution in [1.82, 2.24) is 24.9 Å². The predicted octanol–water partition coefficient (Wildman–Crippen LogP) is 9.20. The molecule has 4 aromatic rings.